The quantitative estimate of drug-likeness (QED) is 0.434. The molecule has 0 bridgehead atoms. The minimum absolute atomic E-state index is 0.0800. The minimum Gasteiger partial charge on any atom is -0.295 e. The van der Waals surface area contributed by atoms with Crippen LogP contribution in [0, 0.1) is 0 Å². The van der Waals surface area contributed by atoms with E-state index in [1.165, 1.54) is 0 Å². The maximum atomic E-state index is 13.4. The molecule has 7 heteroatoms. The van der Waals surface area contributed by atoms with Gasteiger partial charge in [0.1, 0.15) is 6.00 Å². The third-order valence-corrected chi connectivity index (χ3v) is 2.76. The molecule has 0 N–H and O–H groups in total. The molecule has 1 unspecified atom stereocenters. The first kappa shape index (κ1) is 12.2. The van der Waals surface area contributed by atoms with Gasteiger partial charge in [-0.25, -0.2) is 4.39 Å². The molecule has 1 atom stereocenters. The largest absolute Gasteiger partial charge is 0.416 e. The number of hydrogen-bond acceptors (Lipinski definition) is 1. The summed E-state index contributed by atoms with van der Waals surface area (Å²) in [6, 6.07) is 2.06. The van der Waals surface area contributed by atoms with Crippen LogP contribution in [0.5, 0.6) is 0 Å². The van der Waals surface area contributed by atoms with Crippen molar-refractivity contribution in [2.24, 2.45) is 0 Å². The van der Waals surface area contributed by atoms with Crippen molar-refractivity contribution in [3.63, 3.8) is 0 Å². The zero-order valence-corrected chi connectivity index (χ0v) is 9.02. The van der Waals surface area contributed by atoms with E-state index in [0.29, 0.717) is 0 Å². The highest BCUT2D eigenvalue weighted by atomic mass is 35.5. The van der Waals surface area contributed by atoms with Crippen molar-refractivity contribution < 1.29 is 22.4 Å². The van der Waals surface area contributed by atoms with Crippen LogP contribution in [0.25, 0.3) is 0 Å². The number of nitrogens with zero attached hydrogens (tertiary/aromatic N) is 1. The second-order valence-corrected chi connectivity index (χ2v) is 3.76. The number of benzene rings is 1. The average molecular weight is 268 g/mol. The van der Waals surface area contributed by atoms with Crippen molar-refractivity contribution in [1.82, 2.24) is 0 Å². The number of carbonyl (C=O) groups is 1. The molecule has 2 rings (SSSR count). The number of amides is 1. The summed E-state index contributed by atoms with van der Waals surface area (Å²) in [7, 11) is 0. The van der Waals surface area contributed by atoms with Crippen molar-refractivity contribution in [2.45, 2.75) is 12.3 Å². The number of fused-ring (bicyclic) bond motifs is 1. The van der Waals surface area contributed by atoms with Gasteiger partial charge in [-0.2, -0.15) is 13.2 Å². The highest BCUT2D eigenvalue weighted by Gasteiger charge is 2.39. The lowest BCUT2D eigenvalue weighted by molar-refractivity contribution is -0.137. The molecule has 0 aromatic heterocycles. The topological polar surface area (TPSA) is 20.3 Å². The standard InChI is InChI=1S/C10H6ClF4NO/c11-4-16-7-3-5(10(13,14)15)1-2-6(7)8(12)9(16)17/h1-3,8H,4H2. The molecular weight excluding hydrogens is 262 g/mol. The Labute approximate surface area is 98.8 Å². The number of alkyl halides is 5. The summed E-state index contributed by atoms with van der Waals surface area (Å²) in [5, 5.41) is 0. The van der Waals surface area contributed by atoms with Crippen LogP contribution in [0.4, 0.5) is 23.2 Å². The summed E-state index contributed by atoms with van der Waals surface area (Å²) in [5.41, 5.74) is -1.13. The maximum absolute atomic E-state index is 13.4. The fourth-order valence-electron chi connectivity index (χ4n) is 1.68. The van der Waals surface area contributed by atoms with Crippen LogP contribution in [0.3, 0.4) is 0 Å². The van der Waals surface area contributed by atoms with E-state index in [1.807, 2.05) is 0 Å². The highest BCUT2D eigenvalue weighted by molar-refractivity contribution is 6.22. The fraction of sp³-hybridized carbons (Fsp3) is 0.300. The molecule has 1 aromatic rings. The van der Waals surface area contributed by atoms with Gasteiger partial charge in [0, 0.05) is 5.56 Å². The number of hydrogen-bond donors (Lipinski definition) is 0. The van der Waals surface area contributed by atoms with Crippen LogP contribution in [-0.2, 0) is 11.0 Å². The van der Waals surface area contributed by atoms with Crippen molar-refractivity contribution in [1.29, 1.82) is 0 Å². The molecule has 1 aliphatic heterocycles. The summed E-state index contributed by atoms with van der Waals surface area (Å²) in [6.45, 7) is 0. The van der Waals surface area contributed by atoms with E-state index in [9.17, 15) is 22.4 Å². The van der Waals surface area contributed by atoms with Gasteiger partial charge in [-0.05, 0) is 12.1 Å². The normalized spacial score (nSPS) is 19.7. The molecular formula is C10H6ClF4NO. The van der Waals surface area contributed by atoms with Gasteiger partial charge in [0.15, 0.2) is 0 Å². The molecule has 1 amide bonds. The van der Waals surface area contributed by atoms with Crippen LogP contribution < -0.4 is 4.90 Å². The van der Waals surface area contributed by atoms with Gasteiger partial charge < -0.3 is 0 Å². The molecule has 17 heavy (non-hydrogen) atoms. The van der Waals surface area contributed by atoms with Gasteiger partial charge in [-0.1, -0.05) is 6.07 Å². The Bertz CT molecular complexity index is 474. The highest BCUT2D eigenvalue weighted by Crippen LogP contribution is 2.41. The summed E-state index contributed by atoms with van der Waals surface area (Å²) in [4.78, 5) is 12.1. The zero-order chi connectivity index (χ0) is 12.8. The zero-order valence-electron chi connectivity index (χ0n) is 8.26. The number of anilines is 1. The lowest BCUT2D eigenvalue weighted by atomic mass is 10.1. The molecule has 1 aliphatic rings. The van der Waals surface area contributed by atoms with E-state index in [0.717, 1.165) is 23.1 Å². The predicted molar refractivity (Wildman–Crippen MR) is 53.5 cm³/mol. The van der Waals surface area contributed by atoms with Crippen molar-refractivity contribution in [3.05, 3.63) is 29.3 Å². The third-order valence-electron chi connectivity index (χ3n) is 2.52. The Morgan fingerprint density at radius 3 is 2.53 bits per heavy atom. The van der Waals surface area contributed by atoms with Crippen molar-refractivity contribution in [3.8, 4) is 0 Å². The van der Waals surface area contributed by atoms with Crippen LogP contribution in [0.15, 0.2) is 18.2 Å². The minimum atomic E-state index is -4.54. The van der Waals surface area contributed by atoms with Crippen molar-refractivity contribution >= 4 is 23.2 Å². The summed E-state index contributed by atoms with van der Waals surface area (Å²) in [5.74, 6) is -0.936. The molecule has 0 saturated carbocycles. The second kappa shape index (κ2) is 3.87. The monoisotopic (exact) mass is 267 g/mol. The Balaban J connectivity index is 2.53. The molecule has 0 fully saturated rings. The van der Waals surface area contributed by atoms with E-state index < -0.39 is 23.8 Å². The molecule has 1 heterocycles. The molecule has 0 spiro atoms. The van der Waals surface area contributed by atoms with Gasteiger partial charge in [-0.15, -0.1) is 11.6 Å². The first-order valence-electron chi connectivity index (χ1n) is 4.59. The molecule has 92 valence electrons. The van der Waals surface area contributed by atoms with Gasteiger partial charge in [0.2, 0.25) is 6.17 Å². The molecule has 0 aliphatic carbocycles. The smallest absolute Gasteiger partial charge is 0.295 e. The maximum Gasteiger partial charge on any atom is 0.416 e. The Morgan fingerprint density at radius 2 is 2.00 bits per heavy atom. The predicted octanol–water partition coefficient (Wildman–Crippen LogP) is 3.26. The van der Waals surface area contributed by atoms with Crippen LogP contribution in [0.1, 0.15) is 17.3 Å². The SMILES string of the molecule is O=C1C(F)c2ccc(C(F)(F)F)cc2N1CCl. The first-order chi connectivity index (χ1) is 7.86. The van der Waals surface area contributed by atoms with Crippen LogP contribution >= 0.6 is 11.6 Å². The van der Waals surface area contributed by atoms with E-state index in [-0.39, 0.29) is 17.3 Å². The van der Waals surface area contributed by atoms with E-state index in [4.69, 9.17) is 11.6 Å². The van der Waals surface area contributed by atoms with E-state index in [2.05, 4.69) is 0 Å². The van der Waals surface area contributed by atoms with Crippen LogP contribution in [-0.4, -0.2) is 11.9 Å². The third kappa shape index (κ3) is 1.86. The number of halogens is 5. The summed E-state index contributed by atoms with van der Waals surface area (Å²) < 4.78 is 50.8. The lowest BCUT2D eigenvalue weighted by Crippen LogP contribution is -2.26. The summed E-state index contributed by atoms with van der Waals surface area (Å²) >= 11 is 5.42. The first-order valence-corrected chi connectivity index (χ1v) is 5.12. The van der Waals surface area contributed by atoms with Gasteiger partial charge >= 0.3 is 6.18 Å². The Morgan fingerprint density at radius 1 is 1.35 bits per heavy atom. The van der Waals surface area contributed by atoms with Gasteiger partial charge in [0.05, 0.1) is 11.3 Å². The lowest BCUT2D eigenvalue weighted by Gasteiger charge is -2.14. The molecule has 1 aromatic carbocycles. The molecule has 0 radical (unpaired) electrons. The molecule has 0 saturated heterocycles. The number of rotatable bonds is 1. The molecule has 2 nitrogen and oxygen atoms in total. The van der Waals surface area contributed by atoms with Crippen LogP contribution in [0.2, 0.25) is 0 Å². The van der Waals surface area contributed by atoms with E-state index >= 15 is 0 Å². The fourth-order valence-corrected chi connectivity index (χ4v) is 1.93. The summed E-state index contributed by atoms with van der Waals surface area (Å²) in [6.07, 6.45) is -6.48. The Hall–Kier alpha value is -1.30. The average Bonchev–Trinajstić information content (AvgIpc) is 2.50. The number of carbonyl (C=O) groups excluding carboxylic acids is 1. The van der Waals surface area contributed by atoms with Gasteiger partial charge in [-0.3, -0.25) is 9.69 Å². The second-order valence-electron chi connectivity index (χ2n) is 3.52. The van der Waals surface area contributed by atoms with E-state index in [1.54, 1.807) is 0 Å². The van der Waals surface area contributed by atoms with Gasteiger partial charge in [0.25, 0.3) is 5.91 Å². The Kier molecular flexibility index (Phi) is 2.77. The van der Waals surface area contributed by atoms with Crippen molar-refractivity contribution in [2.75, 3.05) is 10.9 Å².